The van der Waals surface area contributed by atoms with E-state index in [-0.39, 0.29) is 28.5 Å². The largest absolute Gasteiger partial charge is 1.00 e. The molecule has 1 N–H and O–H groups in total. The van der Waals surface area contributed by atoms with Crippen LogP contribution in [0.5, 0.6) is 0 Å². The van der Waals surface area contributed by atoms with E-state index in [4.69, 9.17) is 15.8 Å². The Kier molecular flexibility index (Phi) is 23.4. The van der Waals surface area contributed by atoms with Crippen LogP contribution in [0.3, 0.4) is 0 Å². The fraction of sp³-hybridized carbons (Fsp3) is 0.275. The lowest BCUT2D eigenvalue weighted by Gasteiger charge is -2.13. The van der Waals surface area contributed by atoms with E-state index in [0.717, 1.165) is 17.5 Å². The lowest BCUT2D eigenvalue weighted by Crippen LogP contribution is -3.00. The second-order valence-corrected chi connectivity index (χ2v) is 12.3. The number of ketones is 2. The van der Waals surface area contributed by atoms with Crippen molar-refractivity contribution in [2.24, 2.45) is 0 Å². The summed E-state index contributed by atoms with van der Waals surface area (Å²) >= 11 is 0. The predicted octanol–water partition coefficient (Wildman–Crippen LogP) is 3.89. The van der Waals surface area contributed by atoms with Crippen LogP contribution < -0.4 is 21.5 Å². The molecule has 0 saturated carbocycles. The number of nitrogens with zero attached hydrogens (tertiary/aromatic N) is 5. The van der Waals surface area contributed by atoms with Crippen molar-refractivity contribution in [1.82, 2.24) is 9.30 Å². The number of hydrogen-bond donors (Lipinski definition) is 1. The standard InChI is InChI=1S/C16H10N2O.C15H13N2O.C6H15N.C2H6.CH4O4S.BrH/c17-11-12-4-6-13(7-5-12)16(19)15-9-8-14-3-1-2-10-18(14)15;1-12-4-2-3-9-17(12)11-15(18)14-7-5-13(10-16)6-8-14;1-4-7(5-2)6-3;1-2;1-6(3,4)5-2;/h1-10H;2-9H,11H2,1H3;4-6H2,1-3H3;1-2H3;2H,1H3;1H/q;+1;;;;/p-1. The molecule has 3 aromatic heterocycles. The lowest BCUT2D eigenvalue weighted by molar-refractivity contribution is -0.689. The maximum Gasteiger partial charge on any atom is 0.290 e. The quantitative estimate of drug-likeness (QED) is 0.101. The number of carbonyl (C=O) groups excluding carboxylic acids is 2. The molecule has 5 rings (SSSR count). The van der Waals surface area contributed by atoms with Crippen LogP contribution in [0.15, 0.2) is 109 Å². The number of aryl methyl sites for hydroxylation is 1. The third-order valence-corrected chi connectivity index (χ3v) is 7.64. The number of carbonyl (C=O) groups is 2. The zero-order valence-corrected chi connectivity index (χ0v) is 33.6. The SMILES string of the molecule is CC.CCN(CC)CC.CS(=O)(=O)OO.Cc1cccc[n+]1CC(=O)c1ccc(C#N)cc1.N#Cc1ccc(C(=O)c2ccc3ccccn23)cc1.[Br-]. The van der Waals surface area contributed by atoms with Crippen LogP contribution in [-0.4, -0.2) is 60.4 Å². The average Bonchev–Trinajstić information content (AvgIpc) is 3.62. The minimum Gasteiger partial charge on any atom is -1.00 e. The number of benzene rings is 2. The lowest BCUT2D eigenvalue weighted by atomic mass is 10.1. The van der Waals surface area contributed by atoms with E-state index in [1.165, 1.54) is 19.6 Å². The van der Waals surface area contributed by atoms with E-state index in [1.807, 2.05) is 103 Å². The molecule has 5 aromatic rings. The zero-order chi connectivity index (χ0) is 39.1. The minimum atomic E-state index is -3.61. The molecule has 0 aliphatic carbocycles. The normalized spacial score (nSPS) is 9.79. The topological polar surface area (TPSA) is 157 Å². The zero-order valence-electron chi connectivity index (χ0n) is 31.2. The van der Waals surface area contributed by atoms with E-state index in [0.29, 0.717) is 34.5 Å². The maximum absolute atomic E-state index is 12.4. The third-order valence-electron chi connectivity index (χ3n) is 7.37. The number of halogens is 1. The highest BCUT2D eigenvalue weighted by Gasteiger charge is 2.14. The van der Waals surface area contributed by atoms with Crippen molar-refractivity contribution in [1.29, 1.82) is 10.5 Å². The number of Topliss-reactive ketones (excluding diaryl/α,β-unsaturated/α-hetero) is 1. The van der Waals surface area contributed by atoms with Crippen molar-refractivity contribution in [2.45, 2.75) is 48.1 Å². The highest BCUT2D eigenvalue weighted by atomic mass is 79.9. The Bertz CT molecular complexity index is 2030. The molecule has 0 fully saturated rings. The van der Waals surface area contributed by atoms with Gasteiger partial charge in [-0.3, -0.25) is 9.59 Å². The summed E-state index contributed by atoms with van der Waals surface area (Å²) in [7, 11) is -3.61. The van der Waals surface area contributed by atoms with Crippen molar-refractivity contribution in [2.75, 3.05) is 25.9 Å². The van der Waals surface area contributed by atoms with E-state index < -0.39 is 10.1 Å². The van der Waals surface area contributed by atoms with Crippen LogP contribution in [0.2, 0.25) is 0 Å². The van der Waals surface area contributed by atoms with Gasteiger partial charge in [-0.05, 0) is 92.4 Å². The molecule has 0 unspecified atom stereocenters. The number of rotatable bonds is 9. The molecule has 0 aliphatic rings. The number of hydrogen-bond acceptors (Lipinski definition) is 9. The highest BCUT2D eigenvalue weighted by molar-refractivity contribution is 7.85. The Morgan fingerprint density at radius 2 is 1.28 bits per heavy atom. The summed E-state index contributed by atoms with van der Waals surface area (Å²) in [6, 6.07) is 32.8. The fourth-order valence-electron chi connectivity index (χ4n) is 4.47. The van der Waals surface area contributed by atoms with Gasteiger partial charge in [0.1, 0.15) is 0 Å². The Labute approximate surface area is 324 Å². The summed E-state index contributed by atoms with van der Waals surface area (Å²) in [5.41, 5.74) is 4.98. The van der Waals surface area contributed by atoms with Crippen molar-refractivity contribution < 1.29 is 49.1 Å². The molecule has 11 nitrogen and oxygen atoms in total. The molecule has 0 spiro atoms. The van der Waals surface area contributed by atoms with Gasteiger partial charge in [-0.25, -0.2) is 5.26 Å². The van der Waals surface area contributed by atoms with E-state index in [2.05, 4.69) is 30.0 Å². The van der Waals surface area contributed by atoms with E-state index in [9.17, 15) is 18.0 Å². The van der Waals surface area contributed by atoms with Gasteiger partial charge in [-0.15, -0.1) is 4.33 Å². The van der Waals surface area contributed by atoms with Crippen LogP contribution in [-0.2, 0) is 21.0 Å². The third kappa shape index (κ3) is 16.9. The van der Waals surface area contributed by atoms with Crippen LogP contribution in [0.25, 0.3) is 5.52 Å². The minimum absolute atomic E-state index is 0. The number of aromatic nitrogens is 2. The van der Waals surface area contributed by atoms with Crippen LogP contribution >= 0.6 is 0 Å². The Morgan fingerprint density at radius 1 is 0.792 bits per heavy atom. The summed E-state index contributed by atoms with van der Waals surface area (Å²) in [6.45, 7) is 16.4. The van der Waals surface area contributed by atoms with Gasteiger partial charge in [0.15, 0.2) is 11.9 Å². The molecule has 282 valence electrons. The summed E-state index contributed by atoms with van der Waals surface area (Å²) in [6.07, 6.45) is 4.50. The number of nitriles is 2. The maximum atomic E-state index is 12.4. The Hall–Kier alpha value is -5.02. The van der Waals surface area contributed by atoms with Crippen LogP contribution in [0.1, 0.15) is 77.8 Å². The predicted molar refractivity (Wildman–Crippen MR) is 202 cm³/mol. The highest BCUT2D eigenvalue weighted by Crippen LogP contribution is 2.15. The molecule has 0 radical (unpaired) electrons. The van der Waals surface area contributed by atoms with Gasteiger partial charge in [0, 0.05) is 41.9 Å². The van der Waals surface area contributed by atoms with Gasteiger partial charge in [-0.2, -0.15) is 23.5 Å². The average molecular weight is 807 g/mol. The van der Waals surface area contributed by atoms with Crippen LogP contribution in [0.4, 0.5) is 0 Å². The smallest absolute Gasteiger partial charge is 0.290 e. The van der Waals surface area contributed by atoms with Crippen molar-refractivity contribution in [3.63, 3.8) is 0 Å². The Morgan fingerprint density at radius 3 is 1.72 bits per heavy atom. The molecule has 53 heavy (non-hydrogen) atoms. The van der Waals surface area contributed by atoms with Crippen molar-refractivity contribution >= 4 is 27.2 Å². The summed E-state index contributed by atoms with van der Waals surface area (Å²) in [5.74, 6) is -0.00511. The van der Waals surface area contributed by atoms with Crippen molar-refractivity contribution in [3.8, 4) is 12.1 Å². The van der Waals surface area contributed by atoms with E-state index in [1.54, 1.807) is 48.5 Å². The first kappa shape index (κ1) is 48.0. The summed E-state index contributed by atoms with van der Waals surface area (Å²) < 4.78 is 25.7. The molecule has 3 heterocycles. The van der Waals surface area contributed by atoms with Gasteiger partial charge in [0.2, 0.25) is 18.1 Å². The molecule has 0 bridgehead atoms. The molecule has 0 amide bonds. The molecule has 2 aromatic carbocycles. The number of fused-ring (bicyclic) bond motifs is 1. The molecule has 13 heteroatoms. The fourth-order valence-corrected chi connectivity index (χ4v) is 4.47. The second kappa shape index (κ2) is 25.9. The molecule has 0 aliphatic heterocycles. The second-order valence-electron chi connectivity index (χ2n) is 10.7. The van der Waals surface area contributed by atoms with Gasteiger partial charge < -0.3 is 26.3 Å². The van der Waals surface area contributed by atoms with Gasteiger partial charge in [0.25, 0.3) is 10.1 Å². The van der Waals surface area contributed by atoms with E-state index >= 15 is 0 Å². The van der Waals surface area contributed by atoms with Gasteiger partial charge >= 0.3 is 0 Å². The molecular formula is C40H48BrN5O6S. The first-order valence-electron chi connectivity index (χ1n) is 16.8. The van der Waals surface area contributed by atoms with Crippen LogP contribution in [0, 0.1) is 29.6 Å². The summed E-state index contributed by atoms with van der Waals surface area (Å²) in [4.78, 5) is 26.9. The van der Waals surface area contributed by atoms with Gasteiger partial charge in [0.05, 0.1) is 35.2 Å². The first-order chi connectivity index (χ1) is 24.9. The van der Waals surface area contributed by atoms with Crippen molar-refractivity contribution in [3.05, 3.63) is 143 Å². The van der Waals surface area contributed by atoms with Gasteiger partial charge in [-0.1, -0.05) is 46.8 Å². The monoisotopic (exact) mass is 805 g/mol. The number of pyridine rings is 2. The molecule has 0 atom stereocenters. The summed E-state index contributed by atoms with van der Waals surface area (Å²) in [5, 5.41) is 24.8. The first-order valence-corrected chi connectivity index (χ1v) is 18.6. The molecule has 0 saturated heterocycles. The molecular weight excluding hydrogens is 758 g/mol. The Balaban J connectivity index is 0.000000737.